The lowest BCUT2D eigenvalue weighted by atomic mass is 9.73. The molecule has 0 unspecified atom stereocenters. The number of imide groups is 1. The van der Waals surface area contributed by atoms with Gasteiger partial charge in [-0.2, -0.15) is 0 Å². The minimum atomic E-state index is -0.863. The summed E-state index contributed by atoms with van der Waals surface area (Å²) in [4.78, 5) is 38.5. The van der Waals surface area contributed by atoms with E-state index >= 15 is 0 Å². The van der Waals surface area contributed by atoms with Crippen LogP contribution in [0.4, 0.5) is 9.18 Å². The van der Waals surface area contributed by atoms with Gasteiger partial charge in [0.1, 0.15) is 17.9 Å². The van der Waals surface area contributed by atoms with E-state index in [1.165, 1.54) is 12.1 Å². The zero-order valence-corrected chi connectivity index (χ0v) is 15.0. The molecule has 4 amide bonds. The van der Waals surface area contributed by atoms with Crippen LogP contribution in [0.1, 0.15) is 51.1 Å². The molecular weight excluding hydrogens is 337 g/mol. The van der Waals surface area contributed by atoms with Gasteiger partial charge in [-0.1, -0.05) is 31.9 Å². The Morgan fingerprint density at radius 3 is 2.69 bits per heavy atom. The molecule has 2 N–H and O–H groups in total. The Morgan fingerprint density at radius 1 is 1.35 bits per heavy atom. The Bertz CT molecular complexity index is 721. The van der Waals surface area contributed by atoms with Gasteiger partial charge in [0.25, 0.3) is 5.91 Å². The standard InChI is InChI=1S/C19H24FN3O3/c1-12-5-3-4-10-19(12)17(25)23(18(26)22-19)11-16(24)21-13(2)14-6-8-15(20)9-7-14/h6-9,12-13H,3-5,10-11H2,1-2H3,(H,21,24)(H,22,26)/t12-,13-,19+/m0/s1. The number of amides is 4. The summed E-state index contributed by atoms with van der Waals surface area (Å²) in [6.07, 6.45) is 3.43. The predicted molar refractivity (Wildman–Crippen MR) is 93.6 cm³/mol. The number of urea groups is 1. The Morgan fingerprint density at radius 2 is 2.04 bits per heavy atom. The molecule has 7 heteroatoms. The van der Waals surface area contributed by atoms with Crippen molar-refractivity contribution >= 4 is 17.8 Å². The van der Waals surface area contributed by atoms with E-state index in [1.54, 1.807) is 19.1 Å². The number of halogens is 1. The van der Waals surface area contributed by atoms with Gasteiger partial charge in [-0.05, 0) is 43.4 Å². The number of nitrogens with zero attached hydrogens (tertiary/aromatic N) is 1. The molecule has 1 aliphatic carbocycles. The summed E-state index contributed by atoms with van der Waals surface area (Å²) in [6.45, 7) is 3.42. The van der Waals surface area contributed by atoms with Crippen LogP contribution >= 0.6 is 0 Å². The average molecular weight is 361 g/mol. The third-order valence-corrected chi connectivity index (χ3v) is 5.55. The molecule has 0 aromatic heterocycles. The topological polar surface area (TPSA) is 78.5 Å². The number of nitrogens with one attached hydrogen (secondary N) is 2. The Hall–Kier alpha value is -2.44. The maximum Gasteiger partial charge on any atom is 0.325 e. The Labute approximate surface area is 152 Å². The van der Waals surface area contributed by atoms with Crippen molar-refractivity contribution in [2.45, 2.75) is 51.1 Å². The van der Waals surface area contributed by atoms with E-state index in [0.29, 0.717) is 6.42 Å². The molecule has 3 atom stereocenters. The van der Waals surface area contributed by atoms with Crippen molar-refractivity contribution < 1.29 is 18.8 Å². The van der Waals surface area contributed by atoms with Crippen molar-refractivity contribution in [2.24, 2.45) is 5.92 Å². The van der Waals surface area contributed by atoms with Gasteiger partial charge in [0.15, 0.2) is 0 Å². The number of hydrogen-bond acceptors (Lipinski definition) is 3. The molecule has 140 valence electrons. The summed E-state index contributed by atoms with van der Waals surface area (Å²) in [6, 6.07) is 4.96. The third-order valence-electron chi connectivity index (χ3n) is 5.55. The molecule has 1 aliphatic heterocycles. The van der Waals surface area contributed by atoms with Gasteiger partial charge >= 0.3 is 6.03 Å². The van der Waals surface area contributed by atoms with Crippen LogP contribution < -0.4 is 10.6 Å². The van der Waals surface area contributed by atoms with Crippen LogP contribution in [0, 0.1) is 11.7 Å². The first-order valence-electron chi connectivity index (χ1n) is 9.02. The maximum absolute atomic E-state index is 13.0. The van der Waals surface area contributed by atoms with E-state index < -0.39 is 17.5 Å². The molecule has 2 fully saturated rings. The summed E-state index contributed by atoms with van der Waals surface area (Å²) in [7, 11) is 0. The van der Waals surface area contributed by atoms with Crippen molar-refractivity contribution in [3.63, 3.8) is 0 Å². The number of rotatable bonds is 4. The number of carbonyl (C=O) groups is 3. The van der Waals surface area contributed by atoms with Crippen LogP contribution in [0.15, 0.2) is 24.3 Å². The summed E-state index contributed by atoms with van der Waals surface area (Å²) >= 11 is 0. The second kappa shape index (κ2) is 7.05. The minimum Gasteiger partial charge on any atom is -0.348 e. The largest absolute Gasteiger partial charge is 0.348 e. The van der Waals surface area contributed by atoms with Gasteiger partial charge in [-0.3, -0.25) is 14.5 Å². The van der Waals surface area contributed by atoms with Gasteiger partial charge in [0, 0.05) is 0 Å². The zero-order chi connectivity index (χ0) is 18.9. The summed E-state index contributed by atoms with van der Waals surface area (Å²) < 4.78 is 13.0. The summed E-state index contributed by atoms with van der Waals surface area (Å²) in [5.41, 5.74) is -0.118. The molecule has 1 aromatic rings. The highest BCUT2D eigenvalue weighted by Crippen LogP contribution is 2.38. The Balaban J connectivity index is 1.64. The van der Waals surface area contributed by atoms with Crippen LogP contribution in [0.25, 0.3) is 0 Å². The molecule has 0 radical (unpaired) electrons. The summed E-state index contributed by atoms with van der Waals surface area (Å²) in [5.74, 6) is -1.03. The fourth-order valence-electron chi connectivity index (χ4n) is 3.90. The second-order valence-corrected chi connectivity index (χ2v) is 7.28. The van der Waals surface area contributed by atoms with E-state index in [1.807, 2.05) is 6.92 Å². The molecule has 26 heavy (non-hydrogen) atoms. The van der Waals surface area contributed by atoms with E-state index in [-0.39, 0.29) is 30.2 Å². The fraction of sp³-hybridized carbons (Fsp3) is 0.526. The first kappa shape index (κ1) is 18.4. The fourth-order valence-corrected chi connectivity index (χ4v) is 3.90. The third kappa shape index (κ3) is 3.30. The minimum absolute atomic E-state index is 0.0545. The zero-order valence-electron chi connectivity index (χ0n) is 15.0. The average Bonchev–Trinajstić information content (AvgIpc) is 2.83. The van der Waals surface area contributed by atoms with Gasteiger partial charge in [0.2, 0.25) is 5.91 Å². The van der Waals surface area contributed by atoms with E-state index in [4.69, 9.17) is 0 Å². The van der Waals surface area contributed by atoms with E-state index in [9.17, 15) is 18.8 Å². The highest BCUT2D eigenvalue weighted by atomic mass is 19.1. The van der Waals surface area contributed by atoms with Crippen molar-refractivity contribution in [2.75, 3.05) is 6.54 Å². The van der Waals surface area contributed by atoms with Crippen molar-refractivity contribution in [3.8, 4) is 0 Å². The van der Waals surface area contributed by atoms with Crippen LogP contribution in [-0.4, -0.2) is 34.8 Å². The quantitative estimate of drug-likeness (QED) is 0.809. The van der Waals surface area contributed by atoms with E-state index in [2.05, 4.69) is 10.6 Å². The molecule has 1 saturated heterocycles. The molecule has 6 nitrogen and oxygen atoms in total. The van der Waals surface area contributed by atoms with Gasteiger partial charge in [-0.15, -0.1) is 0 Å². The van der Waals surface area contributed by atoms with Crippen LogP contribution in [0.3, 0.4) is 0 Å². The second-order valence-electron chi connectivity index (χ2n) is 7.28. The van der Waals surface area contributed by atoms with Crippen molar-refractivity contribution in [3.05, 3.63) is 35.6 Å². The normalized spacial score (nSPS) is 26.7. The number of carbonyl (C=O) groups excluding carboxylic acids is 3. The van der Waals surface area contributed by atoms with E-state index in [0.717, 1.165) is 29.7 Å². The molecule has 3 rings (SSSR count). The number of benzene rings is 1. The highest BCUT2D eigenvalue weighted by Gasteiger charge is 2.55. The molecule has 1 saturated carbocycles. The summed E-state index contributed by atoms with van der Waals surface area (Å²) in [5, 5.41) is 5.58. The molecule has 2 aliphatic rings. The van der Waals surface area contributed by atoms with Crippen molar-refractivity contribution in [1.82, 2.24) is 15.5 Å². The van der Waals surface area contributed by atoms with Crippen LogP contribution in [0.5, 0.6) is 0 Å². The molecule has 1 aromatic carbocycles. The first-order valence-corrected chi connectivity index (χ1v) is 9.02. The molecular formula is C19H24FN3O3. The lowest BCUT2D eigenvalue weighted by molar-refractivity contribution is -0.137. The van der Waals surface area contributed by atoms with Gasteiger partial charge in [-0.25, -0.2) is 9.18 Å². The molecule has 1 spiro atoms. The Kier molecular flexibility index (Phi) is 4.98. The highest BCUT2D eigenvalue weighted by molar-refractivity contribution is 6.09. The lowest BCUT2D eigenvalue weighted by Gasteiger charge is -2.36. The predicted octanol–water partition coefficient (Wildman–Crippen LogP) is 2.50. The van der Waals surface area contributed by atoms with Gasteiger partial charge < -0.3 is 10.6 Å². The van der Waals surface area contributed by atoms with Crippen LogP contribution in [0.2, 0.25) is 0 Å². The smallest absolute Gasteiger partial charge is 0.325 e. The monoisotopic (exact) mass is 361 g/mol. The van der Waals surface area contributed by atoms with Gasteiger partial charge in [0.05, 0.1) is 6.04 Å². The molecule has 0 bridgehead atoms. The van der Waals surface area contributed by atoms with Crippen molar-refractivity contribution in [1.29, 1.82) is 0 Å². The van der Waals surface area contributed by atoms with Crippen LogP contribution in [-0.2, 0) is 9.59 Å². The molecule has 1 heterocycles. The number of hydrogen-bond donors (Lipinski definition) is 2. The lowest BCUT2D eigenvalue weighted by Crippen LogP contribution is -2.54. The maximum atomic E-state index is 13.0. The first-order chi connectivity index (χ1) is 12.3. The SMILES string of the molecule is C[C@H](NC(=O)CN1C(=O)N[C@@]2(CCCC[C@@H]2C)C1=O)c1ccc(F)cc1.